The second kappa shape index (κ2) is 8.44. The molecule has 1 fully saturated rings. The Balaban J connectivity index is 0.00000242. The second-order valence-corrected chi connectivity index (χ2v) is 4.91. The zero-order valence-electron chi connectivity index (χ0n) is 12.4. The zero-order chi connectivity index (χ0) is 15.2. The number of rotatable bonds is 5. The fraction of sp³-hybridized carbons (Fsp3) is 0.375. The summed E-state index contributed by atoms with van der Waals surface area (Å²) in [6.45, 7) is 3.24. The van der Waals surface area contributed by atoms with Gasteiger partial charge in [0, 0.05) is 24.7 Å². The Morgan fingerprint density at radius 3 is 2.77 bits per heavy atom. The predicted molar refractivity (Wildman–Crippen MR) is 86.2 cm³/mol. The van der Waals surface area contributed by atoms with Crippen LogP contribution in [0, 0.1) is 5.92 Å². The fourth-order valence-electron chi connectivity index (χ4n) is 2.33. The van der Waals surface area contributed by atoms with Crippen molar-refractivity contribution in [1.29, 1.82) is 0 Å². The van der Waals surface area contributed by atoms with E-state index in [9.17, 15) is 9.59 Å². The van der Waals surface area contributed by atoms with Crippen LogP contribution >= 0.6 is 12.4 Å². The normalized spacial score (nSPS) is 17.3. The summed E-state index contributed by atoms with van der Waals surface area (Å²) in [5.41, 5.74) is 0.835. The Morgan fingerprint density at radius 1 is 1.41 bits per heavy atom. The molecular formula is C16H20ClNO4. The molecule has 0 saturated carbocycles. The van der Waals surface area contributed by atoms with Gasteiger partial charge in [-0.1, -0.05) is 18.2 Å². The number of aliphatic carboxylic acids is 1. The Kier molecular flexibility index (Phi) is 6.92. The quantitative estimate of drug-likeness (QED) is 0.844. The van der Waals surface area contributed by atoms with Gasteiger partial charge in [0.05, 0.1) is 12.5 Å². The van der Waals surface area contributed by atoms with Crippen molar-refractivity contribution in [3.8, 4) is 5.75 Å². The van der Waals surface area contributed by atoms with Crippen LogP contribution in [0.1, 0.15) is 18.9 Å². The number of amides is 1. The molecule has 2 rings (SSSR count). The number of benzene rings is 1. The molecule has 1 aromatic carbocycles. The van der Waals surface area contributed by atoms with Crippen LogP contribution < -0.4 is 4.74 Å². The van der Waals surface area contributed by atoms with Crippen molar-refractivity contribution in [3.05, 3.63) is 35.9 Å². The van der Waals surface area contributed by atoms with Gasteiger partial charge in [0.15, 0.2) is 0 Å². The molecule has 1 amide bonds. The number of ether oxygens (including phenoxy) is 1. The average molecular weight is 326 g/mol. The molecule has 0 spiro atoms. The van der Waals surface area contributed by atoms with Gasteiger partial charge in [0.25, 0.3) is 0 Å². The van der Waals surface area contributed by atoms with Crippen LogP contribution in [0.3, 0.4) is 0 Å². The van der Waals surface area contributed by atoms with E-state index >= 15 is 0 Å². The molecule has 6 heteroatoms. The molecule has 1 saturated heterocycles. The molecule has 22 heavy (non-hydrogen) atoms. The summed E-state index contributed by atoms with van der Waals surface area (Å²) in [6.07, 6.45) is 3.70. The largest absolute Gasteiger partial charge is 0.493 e. The topological polar surface area (TPSA) is 66.8 Å². The Labute approximate surface area is 136 Å². The highest BCUT2D eigenvalue weighted by molar-refractivity contribution is 5.92. The Bertz CT molecular complexity index is 559. The van der Waals surface area contributed by atoms with Crippen molar-refractivity contribution in [3.63, 3.8) is 0 Å². The van der Waals surface area contributed by atoms with Crippen LogP contribution in [-0.4, -0.2) is 41.6 Å². The van der Waals surface area contributed by atoms with Crippen molar-refractivity contribution in [2.75, 3.05) is 19.7 Å². The highest BCUT2D eigenvalue weighted by atomic mass is 35.5. The molecule has 0 aliphatic carbocycles. The molecule has 1 aromatic rings. The minimum Gasteiger partial charge on any atom is -0.493 e. The summed E-state index contributed by atoms with van der Waals surface area (Å²) < 4.78 is 5.49. The second-order valence-electron chi connectivity index (χ2n) is 4.91. The number of carboxylic acid groups (broad SMARTS) is 1. The molecule has 5 nitrogen and oxygen atoms in total. The standard InChI is InChI=1S/C16H19NO4.ClH/c1-2-21-14-6-4-3-5-12(14)7-8-15(18)17-10-9-13(11-17)16(19)20;/h3-8,13H,2,9-11H2,1H3,(H,19,20);1H/b8-7+;. The van der Waals surface area contributed by atoms with Crippen molar-refractivity contribution in [1.82, 2.24) is 4.90 Å². The number of likely N-dealkylation sites (tertiary alicyclic amines) is 1. The molecule has 0 bridgehead atoms. The van der Waals surface area contributed by atoms with E-state index in [1.54, 1.807) is 11.0 Å². The predicted octanol–water partition coefficient (Wildman–Crippen LogP) is 2.45. The summed E-state index contributed by atoms with van der Waals surface area (Å²) in [5, 5.41) is 8.94. The molecule has 0 radical (unpaired) electrons. The van der Waals surface area contributed by atoms with Gasteiger partial charge in [-0.05, 0) is 25.5 Å². The molecule has 120 valence electrons. The van der Waals surface area contributed by atoms with E-state index in [1.807, 2.05) is 31.2 Å². The molecule has 1 heterocycles. The van der Waals surface area contributed by atoms with E-state index in [0.717, 1.165) is 11.3 Å². The SMILES string of the molecule is CCOc1ccccc1/C=C/C(=O)N1CCC(C(=O)O)C1.Cl. The summed E-state index contributed by atoms with van der Waals surface area (Å²) in [7, 11) is 0. The molecule has 1 unspecified atom stereocenters. The van der Waals surface area contributed by atoms with Crippen LogP contribution in [0.5, 0.6) is 5.75 Å². The first kappa shape index (κ1) is 18.0. The van der Waals surface area contributed by atoms with Gasteiger partial charge in [0.1, 0.15) is 5.75 Å². The van der Waals surface area contributed by atoms with Gasteiger partial charge >= 0.3 is 5.97 Å². The van der Waals surface area contributed by atoms with E-state index in [1.165, 1.54) is 6.08 Å². The third kappa shape index (κ3) is 4.49. The van der Waals surface area contributed by atoms with E-state index in [2.05, 4.69) is 0 Å². The van der Waals surface area contributed by atoms with Crippen molar-refractivity contribution < 1.29 is 19.4 Å². The first-order valence-corrected chi connectivity index (χ1v) is 7.03. The van der Waals surface area contributed by atoms with E-state index in [0.29, 0.717) is 19.6 Å². The van der Waals surface area contributed by atoms with Crippen LogP contribution in [0.25, 0.3) is 6.08 Å². The van der Waals surface area contributed by atoms with Gasteiger partial charge in [-0.15, -0.1) is 12.4 Å². The highest BCUT2D eigenvalue weighted by Gasteiger charge is 2.29. The Morgan fingerprint density at radius 2 is 2.14 bits per heavy atom. The number of hydrogen-bond donors (Lipinski definition) is 1. The molecule has 0 aromatic heterocycles. The molecule has 1 atom stereocenters. The third-order valence-electron chi connectivity index (χ3n) is 3.47. The smallest absolute Gasteiger partial charge is 0.308 e. The lowest BCUT2D eigenvalue weighted by Crippen LogP contribution is -2.28. The van der Waals surface area contributed by atoms with Gasteiger partial charge in [0.2, 0.25) is 5.91 Å². The monoisotopic (exact) mass is 325 g/mol. The fourth-order valence-corrected chi connectivity index (χ4v) is 2.33. The van der Waals surface area contributed by atoms with Crippen LogP contribution in [0.15, 0.2) is 30.3 Å². The van der Waals surface area contributed by atoms with Crippen molar-refractivity contribution >= 4 is 30.4 Å². The summed E-state index contributed by atoms with van der Waals surface area (Å²) in [5.74, 6) is -0.715. The van der Waals surface area contributed by atoms with Gasteiger partial charge in [-0.2, -0.15) is 0 Å². The lowest BCUT2D eigenvalue weighted by atomic mass is 10.1. The van der Waals surface area contributed by atoms with Crippen molar-refractivity contribution in [2.24, 2.45) is 5.92 Å². The van der Waals surface area contributed by atoms with E-state index in [-0.39, 0.29) is 24.9 Å². The maximum atomic E-state index is 12.1. The number of para-hydroxylation sites is 1. The summed E-state index contributed by atoms with van der Waals surface area (Å²) in [4.78, 5) is 24.5. The molecular weight excluding hydrogens is 306 g/mol. The first-order chi connectivity index (χ1) is 10.1. The van der Waals surface area contributed by atoms with Crippen LogP contribution in [0.4, 0.5) is 0 Å². The minimum atomic E-state index is -0.837. The maximum absolute atomic E-state index is 12.1. The Hall–Kier alpha value is -2.01. The highest BCUT2D eigenvalue weighted by Crippen LogP contribution is 2.20. The van der Waals surface area contributed by atoms with E-state index in [4.69, 9.17) is 9.84 Å². The number of nitrogens with zero attached hydrogens (tertiary/aromatic N) is 1. The molecule has 1 N–H and O–H groups in total. The first-order valence-electron chi connectivity index (χ1n) is 7.03. The summed E-state index contributed by atoms with van der Waals surface area (Å²) >= 11 is 0. The minimum absolute atomic E-state index is 0. The number of carbonyl (C=O) groups excluding carboxylic acids is 1. The average Bonchev–Trinajstić information content (AvgIpc) is 2.96. The van der Waals surface area contributed by atoms with Gasteiger partial charge < -0.3 is 14.7 Å². The lowest BCUT2D eigenvalue weighted by molar-refractivity contribution is -0.141. The molecule has 1 aliphatic heterocycles. The van der Waals surface area contributed by atoms with Gasteiger partial charge in [-0.3, -0.25) is 9.59 Å². The van der Waals surface area contributed by atoms with E-state index < -0.39 is 11.9 Å². The zero-order valence-corrected chi connectivity index (χ0v) is 13.2. The number of carboxylic acids is 1. The number of halogens is 1. The van der Waals surface area contributed by atoms with Crippen LogP contribution in [-0.2, 0) is 9.59 Å². The number of carbonyl (C=O) groups is 2. The molecule has 1 aliphatic rings. The van der Waals surface area contributed by atoms with Crippen molar-refractivity contribution in [2.45, 2.75) is 13.3 Å². The number of hydrogen-bond acceptors (Lipinski definition) is 3. The maximum Gasteiger partial charge on any atom is 0.308 e. The lowest BCUT2D eigenvalue weighted by Gasteiger charge is -2.13. The van der Waals surface area contributed by atoms with Crippen LogP contribution in [0.2, 0.25) is 0 Å². The summed E-state index contributed by atoms with van der Waals surface area (Å²) in [6, 6.07) is 7.48. The third-order valence-corrected chi connectivity index (χ3v) is 3.47. The van der Waals surface area contributed by atoms with Gasteiger partial charge in [-0.25, -0.2) is 0 Å².